The fourth-order valence-electron chi connectivity index (χ4n) is 2.15. The molecule has 6 heteroatoms. The molecule has 3 N–H and O–H groups in total. The third-order valence-electron chi connectivity index (χ3n) is 3.35. The molecule has 1 rings (SSSR count). The Hall–Kier alpha value is -0.0800. The van der Waals surface area contributed by atoms with Gasteiger partial charge in [0.25, 0.3) is 0 Å². The van der Waals surface area contributed by atoms with E-state index >= 15 is 0 Å². The average Bonchev–Trinajstić information content (AvgIpc) is 2.36. The normalized spacial score (nSPS) is 20.3. The molecule has 0 bridgehead atoms. The van der Waals surface area contributed by atoms with Gasteiger partial charge in [-0.25, -0.2) is 0 Å². The highest BCUT2D eigenvalue weighted by Gasteiger charge is 2.17. The van der Waals surface area contributed by atoms with E-state index in [4.69, 9.17) is 5.73 Å². The number of likely N-dealkylation sites (N-methyl/N-ethyl adjacent to an activating group) is 1. The Morgan fingerprint density at radius 2 is 1.83 bits per heavy atom. The third-order valence-corrected chi connectivity index (χ3v) is 3.35. The van der Waals surface area contributed by atoms with Crippen LogP contribution in [0.5, 0.6) is 0 Å². The van der Waals surface area contributed by atoms with Crippen molar-refractivity contribution >= 4 is 29.9 Å². The van der Waals surface area contributed by atoms with Gasteiger partial charge in [0.15, 0.2) is 5.96 Å². The lowest BCUT2D eigenvalue weighted by atomic mass is 10.1. The fraction of sp³-hybridized carbons (Fsp3) is 0.917. The minimum atomic E-state index is 0. The van der Waals surface area contributed by atoms with Gasteiger partial charge >= 0.3 is 0 Å². The van der Waals surface area contributed by atoms with Crippen molar-refractivity contribution in [1.82, 2.24) is 15.1 Å². The summed E-state index contributed by atoms with van der Waals surface area (Å²) in [5.41, 5.74) is 5.61. The lowest BCUT2D eigenvalue weighted by Gasteiger charge is -2.35. The second-order valence-electron chi connectivity index (χ2n) is 4.83. The molecule has 0 radical (unpaired) electrons. The maximum absolute atomic E-state index is 5.61. The van der Waals surface area contributed by atoms with Gasteiger partial charge in [0.1, 0.15) is 0 Å². The summed E-state index contributed by atoms with van der Waals surface area (Å²) in [7, 11) is 1.71. The minimum absolute atomic E-state index is 0. The molecule has 0 spiro atoms. The summed E-state index contributed by atoms with van der Waals surface area (Å²) in [4.78, 5) is 8.93. The first-order valence-electron chi connectivity index (χ1n) is 6.56. The maximum atomic E-state index is 5.61. The largest absolute Gasteiger partial charge is 0.370 e. The molecule has 1 fully saturated rings. The third kappa shape index (κ3) is 6.75. The summed E-state index contributed by atoms with van der Waals surface area (Å²) in [6.45, 7) is 12.5. The highest BCUT2D eigenvalue weighted by molar-refractivity contribution is 14.0. The lowest BCUT2D eigenvalue weighted by Crippen LogP contribution is -2.48. The predicted octanol–water partition coefficient (Wildman–Crippen LogP) is 0.412. The highest BCUT2D eigenvalue weighted by atomic mass is 127. The molecule has 1 heterocycles. The number of nitrogens with one attached hydrogen (secondary N) is 1. The van der Waals surface area contributed by atoms with Crippen LogP contribution in [0.25, 0.3) is 0 Å². The second kappa shape index (κ2) is 9.80. The maximum Gasteiger partial charge on any atom is 0.188 e. The Bertz CT molecular complexity index is 239. The van der Waals surface area contributed by atoms with Crippen molar-refractivity contribution in [2.45, 2.75) is 13.8 Å². The summed E-state index contributed by atoms with van der Waals surface area (Å²) in [5, 5.41) is 3.13. The van der Waals surface area contributed by atoms with Crippen LogP contribution < -0.4 is 11.1 Å². The van der Waals surface area contributed by atoms with E-state index < -0.39 is 0 Å². The number of nitrogens with zero attached hydrogens (tertiary/aromatic N) is 3. The molecule has 108 valence electrons. The van der Waals surface area contributed by atoms with Crippen molar-refractivity contribution in [1.29, 1.82) is 0 Å². The number of nitrogens with two attached hydrogens (primary N) is 1. The summed E-state index contributed by atoms with van der Waals surface area (Å²) < 4.78 is 0. The molecular formula is C12H28IN5. The number of aliphatic imine (C=N–C) groups is 1. The molecule has 1 aliphatic heterocycles. The molecule has 0 aromatic carbocycles. The number of guanidine groups is 1. The average molecular weight is 369 g/mol. The molecule has 1 atom stereocenters. The SMILES string of the molecule is CCN1CCN(CC(C)CNC(N)=NC)CC1.I. The van der Waals surface area contributed by atoms with Gasteiger partial charge in [-0.3, -0.25) is 4.99 Å². The van der Waals surface area contributed by atoms with Crippen molar-refractivity contribution in [2.24, 2.45) is 16.6 Å². The van der Waals surface area contributed by atoms with E-state index in [-0.39, 0.29) is 24.0 Å². The van der Waals surface area contributed by atoms with Crippen LogP contribution in [0, 0.1) is 5.92 Å². The van der Waals surface area contributed by atoms with Crippen molar-refractivity contribution in [3.63, 3.8) is 0 Å². The van der Waals surface area contributed by atoms with Crippen LogP contribution in [-0.2, 0) is 0 Å². The van der Waals surface area contributed by atoms with Crippen molar-refractivity contribution in [2.75, 3.05) is 52.9 Å². The number of hydrogen-bond acceptors (Lipinski definition) is 3. The summed E-state index contributed by atoms with van der Waals surface area (Å²) in [6, 6.07) is 0. The second-order valence-corrected chi connectivity index (χ2v) is 4.83. The van der Waals surface area contributed by atoms with Gasteiger partial charge in [0.05, 0.1) is 0 Å². The Balaban J connectivity index is 0.00000289. The van der Waals surface area contributed by atoms with Crippen molar-refractivity contribution < 1.29 is 0 Å². The summed E-state index contributed by atoms with van der Waals surface area (Å²) in [5.74, 6) is 1.14. The zero-order valence-corrected chi connectivity index (χ0v) is 14.2. The molecule has 5 nitrogen and oxygen atoms in total. The Labute approximate surface area is 128 Å². The van der Waals surface area contributed by atoms with Gasteiger partial charge in [0.2, 0.25) is 0 Å². The fourth-order valence-corrected chi connectivity index (χ4v) is 2.15. The number of piperazine rings is 1. The smallest absolute Gasteiger partial charge is 0.188 e. The van der Waals surface area contributed by atoms with Crippen LogP contribution in [0.2, 0.25) is 0 Å². The first-order chi connectivity index (χ1) is 8.15. The van der Waals surface area contributed by atoms with Gasteiger partial charge in [-0.05, 0) is 12.5 Å². The predicted molar refractivity (Wildman–Crippen MR) is 88.7 cm³/mol. The van der Waals surface area contributed by atoms with Crippen molar-refractivity contribution in [3.8, 4) is 0 Å². The van der Waals surface area contributed by atoms with Crippen LogP contribution in [-0.4, -0.2) is 68.6 Å². The molecule has 1 saturated heterocycles. The molecule has 18 heavy (non-hydrogen) atoms. The zero-order chi connectivity index (χ0) is 12.7. The number of halogens is 1. The van der Waals surface area contributed by atoms with Crippen LogP contribution in [0.4, 0.5) is 0 Å². The molecule has 0 aromatic heterocycles. The van der Waals surface area contributed by atoms with E-state index in [0.29, 0.717) is 11.9 Å². The van der Waals surface area contributed by atoms with Gasteiger partial charge in [-0.1, -0.05) is 13.8 Å². The molecule has 0 aliphatic carbocycles. The monoisotopic (exact) mass is 369 g/mol. The van der Waals surface area contributed by atoms with E-state index in [1.54, 1.807) is 7.05 Å². The lowest BCUT2D eigenvalue weighted by molar-refractivity contribution is 0.124. The number of hydrogen-bond donors (Lipinski definition) is 2. The minimum Gasteiger partial charge on any atom is -0.370 e. The van der Waals surface area contributed by atoms with Crippen LogP contribution >= 0.6 is 24.0 Å². The van der Waals surface area contributed by atoms with Gasteiger partial charge in [-0.15, -0.1) is 24.0 Å². The van der Waals surface area contributed by atoms with Gasteiger partial charge in [-0.2, -0.15) is 0 Å². The van der Waals surface area contributed by atoms with Crippen LogP contribution in [0.15, 0.2) is 4.99 Å². The molecule has 0 saturated carbocycles. The van der Waals surface area contributed by atoms with Crippen LogP contribution in [0.1, 0.15) is 13.8 Å². The Morgan fingerprint density at radius 3 is 2.33 bits per heavy atom. The van der Waals surface area contributed by atoms with E-state index in [1.165, 1.54) is 32.7 Å². The molecule has 1 aliphatic rings. The molecule has 1 unspecified atom stereocenters. The standard InChI is InChI=1S/C12H27N5.HI/c1-4-16-5-7-17(8-6-16)10-11(2)9-15-12(13)14-3;/h11H,4-10H2,1-3H3,(H3,13,14,15);1H. The molecular weight excluding hydrogens is 341 g/mol. The zero-order valence-electron chi connectivity index (χ0n) is 11.9. The quantitative estimate of drug-likeness (QED) is 0.419. The topological polar surface area (TPSA) is 56.9 Å². The van der Waals surface area contributed by atoms with Crippen LogP contribution in [0.3, 0.4) is 0 Å². The first kappa shape index (κ1) is 17.9. The Morgan fingerprint density at radius 1 is 1.28 bits per heavy atom. The summed E-state index contributed by atoms with van der Waals surface area (Å²) in [6.07, 6.45) is 0. The Kier molecular flexibility index (Phi) is 9.76. The summed E-state index contributed by atoms with van der Waals surface area (Å²) >= 11 is 0. The van der Waals surface area contributed by atoms with E-state index in [0.717, 1.165) is 13.1 Å². The molecule has 0 amide bonds. The van der Waals surface area contributed by atoms with Crippen molar-refractivity contribution in [3.05, 3.63) is 0 Å². The van der Waals surface area contributed by atoms with Gasteiger partial charge < -0.3 is 20.9 Å². The first-order valence-corrected chi connectivity index (χ1v) is 6.56. The number of rotatable bonds is 5. The van der Waals surface area contributed by atoms with E-state index in [9.17, 15) is 0 Å². The van der Waals surface area contributed by atoms with Gasteiger partial charge in [0, 0.05) is 46.3 Å². The van der Waals surface area contributed by atoms with E-state index in [1.807, 2.05) is 0 Å². The molecule has 0 aromatic rings. The highest BCUT2D eigenvalue weighted by Crippen LogP contribution is 2.04. The van der Waals surface area contributed by atoms with E-state index in [2.05, 4.69) is 34.0 Å².